The molecule has 0 spiro atoms. The van der Waals surface area contributed by atoms with Gasteiger partial charge in [0.15, 0.2) is 0 Å². The van der Waals surface area contributed by atoms with E-state index in [2.05, 4.69) is 19.7 Å². The van der Waals surface area contributed by atoms with Gasteiger partial charge in [-0.25, -0.2) is 19.2 Å². The highest BCUT2D eigenvalue weighted by atomic mass is 16.7. The number of rotatable bonds is 17. The van der Waals surface area contributed by atoms with Crippen LogP contribution in [0.1, 0.15) is 36.7 Å². The Bertz CT molecular complexity index is 1570. The van der Waals surface area contributed by atoms with Crippen molar-refractivity contribution in [2.75, 3.05) is 27.0 Å². The standard InChI is InChI=1S/C36H36O11/c1-23(2)33(37)45-20-42-30-13-11-28(12-14-30)27-7-9-29(10-8-27)36(40)41-16-15-26-17-31(43-21-46-34(38)24(3)4)19-32(18-26)44-22-47-35(39)25(5)6/h7-14,17-19H,1,3,5,15-16,20-22H2,2,4,6H3. The molecule has 0 saturated heterocycles. The molecule has 0 atom stereocenters. The predicted octanol–water partition coefficient (Wildman–Crippen LogP) is 6.12. The molecule has 0 aromatic heterocycles. The highest BCUT2D eigenvalue weighted by molar-refractivity contribution is 5.90. The fourth-order valence-corrected chi connectivity index (χ4v) is 3.65. The highest BCUT2D eigenvalue weighted by Gasteiger charge is 2.11. The first-order chi connectivity index (χ1) is 22.4. The van der Waals surface area contributed by atoms with E-state index in [-0.39, 0.29) is 43.7 Å². The predicted molar refractivity (Wildman–Crippen MR) is 172 cm³/mol. The third-order valence-corrected chi connectivity index (χ3v) is 6.16. The molecule has 3 rings (SSSR count). The van der Waals surface area contributed by atoms with Crippen molar-refractivity contribution in [2.45, 2.75) is 27.2 Å². The van der Waals surface area contributed by atoms with Crippen molar-refractivity contribution < 1.29 is 52.3 Å². The van der Waals surface area contributed by atoms with Crippen molar-refractivity contribution in [3.05, 3.63) is 114 Å². The third-order valence-electron chi connectivity index (χ3n) is 6.16. The zero-order valence-electron chi connectivity index (χ0n) is 26.5. The maximum absolute atomic E-state index is 12.7. The van der Waals surface area contributed by atoms with E-state index >= 15 is 0 Å². The number of carbonyl (C=O) groups is 4. The molecule has 3 aromatic carbocycles. The second kappa shape index (κ2) is 17.6. The van der Waals surface area contributed by atoms with Gasteiger partial charge in [0.2, 0.25) is 20.4 Å². The summed E-state index contributed by atoms with van der Waals surface area (Å²) in [5.74, 6) is -1.10. The van der Waals surface area contributed by atoms with Gasteiger partial charge in [-0.2, -0.15) is 0 Å². The van der Waals surface area contributed by atoms with Gasteiger partial charge in [-0.05, 0) is 73.9 Å². The molecule has 0 aliphatic heterocycles. The lowest BCUT2D eigenvalue weighted by Gasteiger charge is -2.13. The zero-order chi connectivity index (χ0) is 34.3. The van der Waals surface area contributed by atoms with Crippen molar-refractivity contribution in [3.63, 3.8) is 0 Å². The van der Waals surface area contributed by atoms with Gasteiger partial charge in [0, 0.05) is 29.2 Å². The van der Waals surface area contributed by atoms with Crippen LogP contribution >= 0.6 is 0 Å². The SMILES string of the molecule is C=C(C)C(=O)OCOc1ccc(-c2ccc(C(=O)OCCc3cc(OCOC(=O)C(=C)C)cc(OCOC(=O)C(=C)C)c3)cc2)cc1. The number of hydrogen-bond donors (Lipinski definition) is 0. The largest absolute Gasteiger partial charge is 0.462 e. The molecule has 0 heterocycles. The van der Waals surface area contributed by atoms with Crippen molar-refractivity contribution in [1.29, 1.82) is 0 Å². The quantitative estimate of drug-likeness (QED) is 0.0728. The molecule has 0 saturated carbocycles. The monoisotopic (exact) mass is 644 g/mol. The molecule has 0 aliphatic rings. The Morgan fingerprint density at radius 1 is 0.532 bits per heavy atom. The number of carbonyl (C=O) groups excluding carboxylic acids is 4. The molecule has 3 aromatic rings. The van der Waals surface area contributed by atoms with Crippen LogP contribution < -0.4 is 14.2 Å². The fraction of sp³-hybridized carbons (Fsp3) is 0.222. The van der Waals surface area contributed by atoms with Crippen LogP contribution in [0.3, 0.4) is 0 Å². The Hall–Kier alpha value is -5.84. The molecule has 0 unspecified atom stereocenters. The Morgan fingerprint density at radius 3 is 1.36 bits per heavy atom. The second-order valence-corrected chi connectivity index (χ2v) is 10.2. The zero-order valence-corrected chi connectivity index (χ0v) is 26.5. The number of ether oxygens (including phenoxy) is 7. The number of hydrogen-bond acceptors (Lipinski definition) is 11. The smallest absolute Gasteiger partial charge is 0.338 e. The summed E-state index contributed by atoms with van der Waals surface area (Å²) < 4.78 is 36.9. The van der Waals surface area contributed by atoms with E-state index in [9.17, 15) is 19.2 Å². The lowest BCUT2D eigenvalue weighted by atomic mass is 10.0. The van der Waals surface area contributed by atoms with Crippen LogP contribution in [0.2, 0.25) is 0 Å². The molecular formula is C36H36O11. The van der Waals surface area contributed by atoms with Gasteiger partial charge in [0.05, 0.1) is 12.2 Å². The second-order valence-electron chi connectivity index (χ2n) is 10.2. The van der Waals surface area contributed by atoms with Gasteiger partial charge >= 0.3 is 23.9 Å². The molecule has 246 valence electrons. The fourth-order valence-electron chi connectivity index (χ4n) is 3.65. The molecular weight excluding hydrogens is 608 g/mol. The summed E-state index contributed by atoms with van der Waals surface area (Å²) in [6.07, 6.45) is 0.301. The van der Waals surface area contributed by atoms with E-state index in [4.69, 9.17) is 33.2 Å². The summed E-state index contributed by atoms with van der Waals surface area (Å²) in [5.41, 5.74) is 3.54. The van der Waals surface area contributed by atoms with Crippen molar-refractivity contribution in [2.24, 2.45) is 0 Å². The Balaban J connectivity index is 1.56. The van der Waals surface area contributed by atoms with Crippen LogP contribution in [0.4, 0.5) is 0 Å². The summed E-state index contributed by atoms with van der Waals surface area (Å²) in [5, 5.41) is 0. The summed E-state index contributed by atoms with van der Waals surface area (Å²) >= 11 is 0. The number of esters is 4. The lowest BCUT2D eigenvalue weighted by molar-refractivity contribution is -0.146. The minimum Gasteiger partial charge on any atom is -0.462 e. The molecule has 11 nitrogen and oxygen atoms in total. The van der Waals surface area contributed by atoms with Crippen LogP contribution in [-0.2, 0) is 39.8 Å². The molecule has 0 bridgehead atoms. The topological polar surface area (TPSA) is 133 Å². The van der Waals surface area contributed by atoms with Crippen molar-refractivity contribution in [3.8, 4) is 28.4 Å². The summed E-state index contributed by atoms with van der Waals surface area (Å²) in [6.45, 7) is 14.2. The van der Waals surface area contributed by atoms with Crippen LogP contribution in [0.15, 0.2) is 103 Å². The molecule has 0 radical (unpaired) electrons. The maximum Gasteiger partial charge on any atom is 0.338 e. The van der Waals surface area contributed by atoms with Crippen LogP contribution in [0, 0.1) is 0 Å². The van der Waals surface area contributed by atoms with Crippen molar-refractivity contribution >= 4 is 23.9 Å². The minimum absolute atomic E-state index is 0.0436. The van der Waals surface area contributed by atoms with E-state index in [0.29, 0.717) is 34.8 Å². The Labute approximate surface area is 272 Å². The molecule has 47 heavy (non-hydrogen) atoms. The Morgan fingerprint density at radius 2 is 0.936 bits per heavy atom. The first-order valence-corrected chi connectivity index (χ1v) is 14.3. The van der Waals surface area contributed by atoms with E-state index in [1.807, 2.05) is 12.1 Å². The molecule has 11 heteroatoms. The first-order valence-electron chi connectivity index (χ1n) is 14.3. The van der Waals surface area contributed by atoms with E-state index in [1.54, 1.807) is 55.5 Å². The first kappa shape index (κ1) is 35.6. The minimum atomic E-state index is -0.604. The summed E-state index contributed by atoms with van der Waals surface area (Å²) in [6, 6.07) is 19.0. The average molecular weight is 645 g/mol. The van der Waals surface area contributed by atoms with Crippen molar-refractivity contribution in [1.82, 2.24) is 0 Å². The van der Waals surface area contributed by atoms with E-state index < -0.39 is 23.9 Å². The van der Waals surface area contributed by atoms with E-state index in [0.717, 1.165) is 11.1 Å². The summed E-state index contributed by atoms with van der Waals surface area (Å²) in [4.78, 5) is 47.5. The normalized spacial score (nSPS) is 10.2. The van der Waals surface area contributed by atoms with Gasteiger partial charge in [0.1, 0.15) is 17.2 Å². The molecule has 0 N–H and O–H groups in total. The molecule has 0 fully saturated rings. The maximum atomic E-state index is 12.7. The molecule has 0 amide bonds. The van der Waals surface area contributed by atoms with E-state index in [1.165, 1.54) is 19.9 Å². The summed E-state index contributed by atoms with van der Waals surface area (Å²) in [7, 11) is 0. The van der Waals surface area contributed by atoms with Gasteiger partial charge in [0.25, 0.3) is 0 Å². The van der Waals surface area contributed by atoms with Crippen LogP contribution in [0.25, 0.3) is 11.1 Å². The van der Waals surface area contributed by atoms with Gasteiger partial charge in [-0.3, -0.25) is 0 Å². The average Bonchev–Trinajstić information content (AvgIpc) is 3.04. The van der Waals surface area contributed by atoms with Gasteiger partial charge < -0.3 is 33.2 Å². The van der Waals surface area contributed by atoms with Gasteiger partial charge in [-0.15, -0.1) is 0 Å². The third kappa shape index (κ3) is 11.9. The van der Waals surface area contributed by atoms with Crippen LogP contribution in [0.5, 0.6) is 17.2 Å². The number of benzene rings is 3. The molecule has 0 aliphatic carbocycles. The lowest BCUT2D eigenvalue weighted by Crippen LogP contribution is -2.12. The Kier molecular flexibility index (Phi) is 13.3. The van der Waals surface area contributed by atoms with Gasteiger partial charge in [-0.1, -0.05) is 44.0 Å². The van der Waals surface area contributed by atoms with Crippen LogP contribution in [-0.4, -0.2) is 50.9 Å². The highest BCUT2D eigenvalue weighted by Crippen LogP contribution is 2.25.